The summed E-state index contributed by atoms with van der Waals surface area (Å²) in [6, 6.07) is 6.33. The van der Waals surface area contributed by atoms with Gasteiger partial charge in [-0.25, -0.2) is 0 Å². The molecule has 0 unspecified atom stereocenters. The highest BCUT2D eigenvalue weighted by Crippen LogP contribution is 2.36. The second-order valence-electron chi connectivity index (χ2n) is 5.33. The summed E-state index contributed by atoms with van der Waals surface area (Å²) in [6.45, 7) is 5.23. The zero-order valence-corrected chi connectivity index (χ0v) is 12.7. The van der Waals surface area contributed by atoms with Gasteiger partial charge in [-0.2, -0.15) is 13.2 Å². The maximum Gasteiger partial charge on any atom is 0.418 e. The largest absolute Gasteiger partial charge is 0.418 e. The minimum Gasteiger partial charge on any atom is -0.260 e. The zero-order valence-electron chi connectivity index (χ0n) is 11.9. The van der Waals surface area contributed by atoms with E-state index in [9.17, 15) is 13.2 Å². The van der Waals surface area contributed by atoms with Crippen LogP contribution in [0.1, 0.15) is 36.6 Å². The molecule has 1 nitrogen and oxygen atoms in total. The second kappa shape index (κ2) is 5.68. The summed E-state index contributed by atoms with van der Waals surface area (Å²) in [5.74, 6) is -0.295. The first-order chi connectivity index (χ1) is 9.68. The normalized spacial score (nSPS) is 12.0. The second-order valence-corrected chi connectivity index (χ2v) is 5.76. The molecule has 1 aromatic heterocycles. The molecule has 0 N–H and O–H groups in total. The molecule has 0 amide bonds. The van der Waals surface area contributed by atoms with Crippen molar-refractivity contribution in [2.75, 3.05) is 0 Å². The molecular formula is C16H15ClF3N. The number of hydrogen-bond donors (Lipinski definition) is 0. The summed E-state index contributed by atoms with van der Waals surface area (Å²) in [6.07, 6.45) is -2.95. The van der Waals surface area contributed by atoms with Crippen molar-refractivity contribution in [3.8, 4) is 11.1 Å². The number of hydrogen-bond acceptors (Lipinski definition) is 1. The van der Waals surface area contributed by atoms with E-state index in [1.807, 2.05) is 6.92 Å². The van der Waals surface area contributed by atoms with Crippen molar-refractivity contribution in [1.82, 2.24) is 4.98 Å². The molecule has 0 radical (unpaired) electrons. The van der Waals surface area contributed by atoms with Crippen molar-refractivity contribution in [3.63, 3.8) is 0 Å². The number of aryl methyl sites for hydroxylation is 1. The molecule has 0 aliphatic rings. The van der Waals surface area contributed by atoms with Crippen LogP contribution in [0.4, 0.5) is 13.2 Å². The Hall–Kier alpha value is -1.55. The maximum absolute atomic E-state index is 13.2. The number of halogens is 4. The molecule has 1 heterocycles. The van der Waals surface area contributed by atoms with E-state index < -0.39 is 11.7 Å². The van der Waals surface area contributed by atoms with Gasteiger partial charge in [-0.3, -0.25) is 4.98 Å². The molecule has 5 heteroatoms. The number of nitrogens with zero attached hydrogens (tertiary/aromatic N) is 1. The Morgan fingerprint density at radius 1 is 1.05 bits per heavy atom. The van der Waals surface area contributed by atoms with Crippen LogP contribution in [0.3, 0.4) is 0 Å². The van der Waals surface area contributed by atoms with Crippen LogP contribution in [0.25, 0.3) is 11.1 Å². The highest BCUT2D eigenvalue weighted by atomic mass is 35.5. The summed E-state index contributed by atoms with van der Waals surface area (Å²) >= 11 is 5.97. The van der Waals surface area contributed by atoms with E-state index in [2.05, 4.69) is 4.98 Å². The number of alkyl halides is 3. The third-order valence-corrected chi connectivity index (χ3v) is 3.36. The lowest BCUT2D eigenvalue weighted by Gasteiger charge is -2.16. The highest BCUT2D eigenvalue weighted by molar-refractivity contribution is 6.30. The highest BCUT2D eigenvalue weighted by Gasteiger charge is 2.35. The van der Waals surface area contributed by atoms with Crippen LogP contribution in [0.15, 0.2) is 30.5 Å². The van der Waals surface area contributed by atoms with E-state index in [-0.39, 0.29) is 11.6 Å². The van der Waals surface area contributed by atoms with Gasteiger partial charge in [0.1, 0.15) is 0 Å². The molecule has 0 fully saturated rings. The molecule has 21 heavy (non-hydrogen) atoms. The van der Waals surface area contributed by atoms with E-state index in [1.165, 1.54) is 6.20 Å². The summed E-state index contributed by atoms with van der Waals surface area (Å²) in [4.78, 5) is 4.02. The molecule has 0 spiro atoms. The van der Waals surface area contributed by atoms with Gasteiger partial charge in [0, 0.05) is 16.8 Å². The monoisotopic (exact) mass is 313 g/mol. The van der Waals surface area contributed by atoms with E-state index in [1.54, 1.807) is 32.0 Å². The molecule has 0 saturated heterocycles. The van der Waals surface area contributed by atoms with Crippen LogP contribution < -0.4 is 0 Å². The lowest BCUT2D eigenvalue weighted by molar-refractivity contribution is -0.138. The van der Waals surface area contributed by atoms with Gasteiger partial charge in [0.2, 0.25) is 0 Å². The Labute approximate surface area is 126 Å². The van der Waals surface area contributed by atoms with Gasteiger partial charge in [0.15, 0.2) is 0 Å². The van der Waals surface area contributed by atoms with E-state index in [0.717, 1.165) is 11.6 Å². The number of rotatable bonds is 2. The molecule has 112 valence electrons. The molecule has 2 aromatic rings. The van der Waals surface area contributed by atoms with Crippen LogP contribution in [0.5, 0.6) is 0 Å². The fourth-order valence-electron chi connectivity index (χ4n) is 2.22. The Morgan fingerprint density at radius 2 is 1.71 bits per heavy atom. The fourth-order valence-corrected chi connectivity index (χ4v) is 2.51. The molecule has 0 aliphatic carbocycles. The molecule has 0 aliphatic heterocycles. The fraction of sp³-hybridized carbons (Fsp3) is 0.312. The third kappa shape index (κ3) is 3.56. The average Bonchev–Trinajstić information content (AvgIpc) is 2.35. The lowest BCUT2D eigenvalue weighted by atomic mass is 9.98. The van der Waals surface area contributed by atoms with Gasteiger partial charge in [-0.15, -0.1) is 0 Å². The predicted molar refractivity (Wildman–Crippen MR) is 78.5 cm³/mol. The van der Waals surface area contributed by atoms with Crippen molar-refractivity contribution in [2.24, 2.45) is 0 Å². The summed E-state index contributed by atoms with van der Waals surface area (Å²) < 4.78 is 39.6. The van der Waals surface area contributed by atoms with Crippen molar-refractivity contribution >= 4 is 11.6 Å². The van der Waals surface area contributed by atoms with Gasteiger partial charge < -0.3 is 0 Å². The van der Waals surface area contributed by atoms with Crippen LogP contribution in [-0.4, -0.2) is 4.98 Å². The minimum atomic E-state index is -4.42. The lowest BCUT2D eigenvalue weighted by Crippen LogP contribution is -2.12. The van der Waals surface area contributed by atoms with E-state index >= 15 is 0 Å². The van der Waals surface area contributed by atoms with Gasteiger partial charge in [-0.1, -0.05) is 31.5 Å². The molecule has 2 rings (SSSR count). The van der Waals surface area contributed by atoms with Gasteiger partial charge >= 0.3 is 6.18 Å². The van der Waals surface area contributed by atoms with Crippen LogP contribution in [0, 0.1) is 6.92 Å². The standard InChI is InChI=1S/C16H15ClF3N/c1-9(2)15-14(16(18,19)20)7-12(8-21-15)11-4-10(3)5-13(17)6-11/h4-9H,1-3H3. The number of aromatic nitrogens is 1. The van der Waals surface area contributed by atoms with Crippen molar-refractivity contribution in [1.29, 1.82) is 0 Å². The Bertz CT molecular complexity index is 643. The van der Waals surface area contributed by atoms with Gasteiger partial charge in [0.05, 0.1) is 11.3 Å². The number of pyridine rings is 1. The quantitative estimate of drug-likeness (QED) is 0.677. The Kier molecular flexibility index (Phi) is 4.28. The van der Waals surface area contributed by atoms with Gasteiger partial charge in [0.25, 0.3) is 0 Å². The Balaban J connectivity index is 2.61. The topological polar surface area (TPSA) is 12.9 Å². The molecule has 1 aromatic carbocycles. The maximum atomic E-state index is 13.2. The number of benzene rings is 1. The van der Waals surface area contributed by atoms with Crippen LogP contribution in [0.2, 0.25) is 5.02 Å². The first kappa shape index (κ1) is 15.8. The molecular weight excluding hydrogens is 299 g/mol. The molecule has 0 saturated carbocycles. The minimum absolute atomic E-state index is 0.0602. The van der Waals surface area contributed by atoms with Crippen molar-refractivity contribution < 1.29 is 13.2 Å². The molecule has 0 atom stereocenters. The average molecular weight is 314 g/mol. The van der Waals surface area contributed by atoms with Crippen molar-refractivity contribution in [2.45, 2.75) is 32.9 Å². The smallest absolute Gasteiger partial charge is 0.260 e. The first-order valence-corrected chi connectivity index (χ1v) is 6.91. The molecule has 0 bridgehead atoms. The van der Waals surface area contributed by atoms with Gasteiger partial charge in [-0.05, 0) is 42.2 Å². The van der Waals surface area contributed by atoms with Crippen LogP contribution in [-0.2, 0) is 6.18 Å². The van der Waals surface area contributed by atoms with Crippen molar-refractivity contribution in [3.05, 3.63) is 52.3 Å². The Morgan fingerprint density at radius 3 is 2.24 bits per heavy atom. The summed E-state index contributed by atoms with van der Waals surface area (Å²) in [5, 5.41) is 0.492. The summed E-state index contributed by atoms with van der Waals surface area (Å²) in [7, 11) is 0. The predicted octanol–water partition coefficient (Wildman–Crippen LogP) is 5.85. The summed E-state index contributed by atoms with van der Waals surface area (Å²) in [5.41, 5.74) is 1.31. The zero-order chi connectivity index (χ0) is 15.8. The van der Waals surface area contributed by atoms with Crippen LogP contribution >= 0.6 is 11.6 Å². The van der Waals surface area contributed by atoms with E-state index in [0.29, 0.717) is 16.1 Å². The first-order valence-electron chi connectivity index (χ1n) is 6.53. The SMILES string of the molecule is Cc1cc(Cl)cc(-c2cnc(C(C)C)c(C(F)(F)F)c2)c1. The third-order valence-electron chi connectivity index (χ3n) is 3.15. The van der Waals surface area contributed by atoms with E-state index in [4.69, 9.17) is 11.6 Å².